The maximum absolute atomic E-state index is 13.2. The topological polar surface area (TPSA) is 92.8 Å². The summed E-state index contributed by atoms with van der Waals surface area (Å²) >= 11 is 0.950. The van der Waals surface area contributed by atoms with Crippen LogP contribution in [0.1, 0.15) is 36.7 Å². The molecule has 2 heterocycles. The molecule has 1 aliphatic rings. The van der Waals surface area contributed by atoms with Gasteiger partial charge in [0.15, 0.2) is 4.21 Å². The van der Waals surface area contributed by atoms with Gasteiger partial charge in [-0.3, -0.25) is 9.52 Å². The van der Waals surface area contributed by atoms with Crippen LogP contribution in [0, 0.1) is 12.7 Å². The van der Waals surface area contributed by atoms with Crippen LogP contribution in [-0.2, 0) is 27.7 Å². The van der Waals surface area contributed by atoms with Gasteiger partial charge in [-0.1, -0.05) is 12.1 Å². The monoisotopic (exact) mass is 488 g/mol. The van der Waals surface area contributed by atoms with Crippen molar-refractivity contribution >= 4 is 38.9 Å². The zero-order chi connectivity index (χ0) is 23.8. The van der Waals surface area contributed by atoms with Crippen molar-refractivity contribution in [2.24, 2.45) is 0 Å². The van der Waals surface area contributed by atoms with Crippen molar-refractivity contribution in [3.63, 3.8) is 0 Å². The third-order valence-corrected chi connectivity index (χ3v) is 8.42. The minimum Gasteiger partial charge on any atom is -0.465 e. The third-order valence-electron chi connectivity index (χ3n) is 5.31. The number of esters is 1. The van der Waals surface area contributed by atoms with Gasteiger partial charge in [-0.15, -0.1) is 11.3 Å². The van der Waals surface area contributed by atoms with Crippen molar-refractivity contribution in [1.29, 1.82) is 0 Å². The predicted octanol–water partition coefficient (Wildman–Crippen LogP) is 3.98. The van der Waals surface area contributed by atoms with Crippen LogP contribution in [-0.4, -0.2) is 38.8 Å². The molecule has 1 amide bonds. The van der Waals surface area contributed by atoms with E-state index in [9.17, 15) is 22.4 Å². The molecule has 0 saturated heterocycles. The Labute approximate surface area is 194 Å². The van der Waals surface area contributed by atoms with Gasteiger partial charge in [-0.2, -0.15) is 0 Å². The number of fused-ring (bicyclic) bond motifs is 1. The smallest absolute Gasteiger partial charge is 0.340 e. The number of ether oxygens (including phenoxy) is 1. The maximum atomic E-state index is 13.2. The normalized spacial score (nSPS) is 13.4. The van der Waals surface area contributed by atoms with E-state index in [1.807, 2.05) is 13.0 Å². The van der Waals surface area contributed by atoms with E-state index in [4.69, 9.17) is 4.74 Å². The summed E-state index contributed by atoms with van der Waals surface area (Å²) in [6.07, 6.45) is 0.295. The number of aryl methyl sites for hydroxylation is 1. The molecule has 1 aliphatic heterocycles. The van der Waals surface area contributed by atoms with Crippen molar-refractivity contribution in [2.45, 2.75) is 24.1 Å². The van der Waals surface area contributed by atoms with E-state index in [1.165, 1.54) is 31.4 Å². The highest BCUT2D eigenvalue weighted by molar-refractivity contribution is 7.94. The second kappa shape index (κ2) is 8.95. The average molecular weight is 489 g/mol. The van der Waals surface area contributed by atoms with Crippen molar-refractivity contribution in [3.05, 3.63) is 81.5 Å². The second-order valence-corrected chi connectivity index (χ2v) is 10.6. The lowest BCUT2D eigenvalue weighted by molar-refractivity contribution is 0.0595. The highest BCUT2D eigenvalue weighted by Gasteiger charge is 2.35. The van der Waals surface area contributed by atoms with Crippen LogP contribution in [0.3, 0.4) is 0 Å². The van der Waals surface area contributed by atoms with Crippen LogP contribution in [0.5, 0.6) is 0 Å². The Hall–Kier alpha value is -3.24. The Morgan fingerprint density at radius 3 is 2.55 bits per heavy atom. The van der Waals surface area contributed by atoms with Crippen LogP contribution in [0.2, 0.25) is 0 Å². The van der Waals surface area contributed by atoms with Gasteiger partial charge in [0.25, 0.3) is 15.9 Å². The van der Waals surface area contributed by atoms with Gasteiger partial charge < -0.3 is 9.64 Å². The molecule has 33 heavy (non-hydrogen) atoms. The lowest BCUT2D eigenvalue weighted by atomic mass is 10.0. The fourth-order valence-electron chi connectivity index (χ4n) is 3.73. The van der Waals surface area contributed by atoms with Crippen molar-refractivity contribution in [2.75, 3.05) is 18.4 Å². The van der Waals surface area contributed by atoms with E-state index in [0.29, 0.717) is 28.1 Å². The number of methoxy groups -OCH3 is 1. The molecule has 172 valence electrons. The molecule has 0 bridgehead atoms. The molecular formula is C23H21FN2O5S2. The van der Waals surface area contributed by atoms with E-state index in [1.54, 1.807) is 23.1 Å². The minimum atomic E-state index is -4.08. The Bertz CT molecular complexity index is 1330. The molecule has 0 radical (unpaired) electrons. The van der Waals surface area contributed by atoms with Crippen molar-refractivity contribution in [3.8, 4) is 0 Å². The SMILES string of the molecule is COC(=O)c1c(S(=O)(=O)Nc2cccc(C)c2)sc2c1CCN(C(=O)c1ccc(F)cc1)C2. The number of benzene rings is 2. The van der Waals surface area contributed by atoms with Crippen LogP contribution >= 0.6 is 11.3 Å². The van der Waals surface area contributed by atoms with Gasteiger partial charge in [0.05, 0.1) is 19.2 Å². The summed E-state index contributed by atoms with van der Waals surface area (Å²) in [5.74, 6) is -1.48. The highest BCUT2D eigenvalue weighted by atomic mass is 32.2. The number of carbonyl (C=O) groups is 2. The standard InChI is InChI=1S/C23H21FN2O5S2/c1-14-4-3-5-17(12-14)25-33(29,30)23-20(22(28)31-2)18-10-11-26(13-19(18)32-23)21(27)15-6-8-16(24)9-7-15/h3-9,12,25H,10-11,13H2,1-2H3. The number of sulfonamides is 1. The summed E-state index contributed by atoms with van der Waals surface area (Å²) in [4.78, 5) is 27.6. The molecule has 0 spiro atoms. The number of hydrogen-bond acceptors (Lipinski definition) is 6. The Balaban J connectivity index is 1.69. The maximum Gasteiger partial charge on any atom is 0.340 e. The van der Waals surface area contributed by atoms with Gasteiger partial charge in [-0.05, 0) is 60.9 Å². The number of thiophene rings is 1. The molecule has 7 nitrogen and oxygen atoms in total. The first kappa shape index (κ1) is 22.9. The molecule has 1 N–H and O–H groups in total. The summed E-state index contributed by atoms with van der Waals surface area (Å²) in [7, 11) is -2.88. The van der Waals surface area contributed by atoms with Crippen molar-refractivity contribution < 1.29 is 27.1 Å². The number of carbonyl (C=O) groups excluding carboxylic acids is 2. The van der Waals surface area contributed by atoms with Crippen LogP contribution in [0.25, 0.3) is 0 Å². The highest BCUT2D eigenvalue weighted by Crippen LogP contribution is 2.37. The lowest BCUT2D eigenvalue weighted by Crippen LogP contribution is -2.35. The molecule has 0 saturated carbocycles. The number of halogens is 1. The lowest BCUT2D eigenvalue weighted by Gasteiger charge is -2.27. The zero-order valence-electron chi connectivity index (χ0n) is 17.9. The molecule has 4 rings (SSSR count). The van der Waals surface area contributed by atoms with Gasteiger partial charge in [-0.25, -0.2) is 17.6 Å². The zero-order valence-corrected chi connectivity index (χ0v) is 19.6. The number of nitrogens with zero attached hydrogens (tertiary/aromatic N) is 1. The van der Waals surface area contributed by atoms with Crippen LogP contribution in [0.15, 0.2) is 52.7 Å². The predicted molar refractivity (Wildman–Crippen MR) is 122 cm³/mol. The molecule has 2 aromatic carbocycles. The second-order valence-electron chi connectivity index (χ2n) is 7.62. The quantitative estimate of drug-likeness (QED) is 0.549. The molecule has 10 heteroatoms. The summed E-state index contributed by atoms with van der Waals surface area (Å²) in [6.45, 7) is 2.27. The molecular weight excluding hydrogens is 467 g/mol. The number of amides is 1. The summed E-state index contributed by atoms with van der Waals surface area (Å²) in [6, 6.07) is 12.1. The Morgan fingerprint density at radius 1 is 1.15 bits per heavy atom. The molecule has 0 fully saturated rings. The minimum absolute atomic E-state index is 0.00605. The van der Waals surface area contributed by atoms with Gasteiger partial charge in [0.2, 0.25) is 0 Å². The first-order chi connectivity index (χ1) is 15.7. The first-order valence-corrected chi connectivity index (χ1v) is 12.4. The fourth-order valence-corrected chi connectivity index (χ4v) is 6.69. The van der Waals surface area contributed by atoms with E-state index >= 15 is 0 Å². The number of nitrogens with one attached hydrogen (secondary N) is 1. The molecule has 0 aliphatic carbocycles. The van der Waals surface area contributed by atoms with E-state index in [0.717, 1.165) is 16.9 Å². The molecule has 1 aromatic heterocycles. The van der Waals surface area contributed by atoms with E-state index in [-0.39, 0.29) is 28.8 Å². The Morgan fingerprint density at radius 2 is 1.88 bits per heavy atom. The Kier molecular flexibility index (Phi) is 6.22. The summed E-state index contributed by atoms with van der Waals surface area (Å²) in [5, 5.41) is 0. The molecule has 3 aromatic rings. The first-order valence-electron chi connectivity index (χ1n) is 10.1. The van der Waals surface area contributed by atoms with Crippen LogP contribution in [0.4, 0.5) is 10.1 Å². The number of hydrogen-bond donors (Lipinski definition) is 1. The number of anilines is 1. The van der Waals surface area contributed by atoms with Gasteiger partial charge in [0.1, 0.15) is 5.82 Å². The van der Waals surface area contributed by atoms with E-state index < -0.39 is 21.8 Å². The fraction of sp³-hybridized carbons (Fsp3) is 0.217. The molecule has 0 unspecified atom stereocenters. The average Bonchev–Trinajstić information content (AvgIpc) is 3.18. The van der Waals surface area contributed by atoms with E-state index in [2.05, 4.69) is 4.72 Å². The largest absolute Gasteiger partial charge is 0.465 e. The summed E-state index contributed by atoms with van der Waals surface area (Å²) in [5.41, 5.74) is 2.17. The summed E-state index contributed by atoms with van der Waals surface area (Å²) < 4.78 is 46.9. The molecule has 0 atom stereocenters. The van der Waals surface area contributed by atoms with Gasteiger partial charge >= 0.3 is 5.97 Å². The van der Waals surface area contributed by atoms with Crippen LogP contribution < -0.4 is 4.72 Å². The third kappa shape index (κ3) is 4.62. The van der Waals surface area contributed by atoms with Gasteiger partial charge in [0, 0.05) is 22.7 Å². The van der Waals surface area contributed by atoms with Crippen molar-refractivity contribution in [1.82, 2.24) is 4.90 Å². The number of rotatable bonds is 5.